The summed E-state index contributed by atoms with van der Waals surface area (Å²) < 4.78 is 2.18. The van der Waals surface area contributed by atoms with Crippen LogP contribution in [0.15, 0.2) is 61.3 Å². The van der Waals surface area contributed by atoms with E-state index in [2.05, 4.69) is 77.6 Å². The van der Waals surface area contributed by atoms with Crippen LogP contribution in [0.2, 0.25) is 0 Å². The summed E-state index contributed by atoms with van der Waals surface area (Å²) in [4.78, 5) is 0. The molecule has 0 saturated carbocycles. The van der Waals surface area contributed by atoms with Gasteiger partial charge in [0.1, 0.15) is 0 Å². The minimum atomic E-state index is 1.14. The van der Waals surface area contributed by atoms with Crippen LogP contribution in [0.4, 0.5) is 0 Å². The molecule has 0 rings (SSSR count). The quantitative estimate of drug-likeness (QED) is 0.0979. The molecule has 0 unspecified atom stereocenters. The molecule has 0 amide bonds. The monoisotopic (exact) mass is 456 g/mol. The van der Waals surface area contributed by atoms with E-state index in [-0.39, 0.29) is 0 Å². The molecule has 0 aliphatic carbocycles. The van der Waals surface area contributed by atoms with Crippen molar-refractivity contribution in [3.63, 3.8) is 0 Å². The third-order valence-corrected chi connectivity index (χ3v) is 4.85. The molecule has 0 radical (unpaired) electrons. The van der Waals surface area contributed by atoms with Gasteiger partial charge in [-0.1, -0.05) is 30.4 Å². The van der Waals surface area contributed by atoms with Crippen LogP contribution in [0.25, 0.3) is 0 Å². The van der Waals surface area contributed by atoms with E-state index >= 15 is 0 Å². The summed E-state index contributed by atoms with van der Waals surface area (Å²) in [5, 5.41) is 0. The molecule has 0 fully saturated rings. The van der Waals surface area contributed by atoms with Gasteiger partial charge in [-0.3, -0.25) is 0 Å². The van der Waals surface area contributed by atoms with E-state index in [0.717, 1.165) is 6.42 Å². The van der Waals surface area contributed by atoms with E-state index in [1.54, 1.807) is 0 Å². The first-order valence-corrected chi connectivity index (χ1v) is 12.0. The van der Waals surface area contributed by atoms with Gasteiger partial charge >= 0.3 is 91.7 Å². The number of allylic oxidation sites excluding steroid dienone is 9. The molecule has 0 aromatic carbocycles. The second-order valence-electron chi connectivity index (χ2n) is 6.97. The fourth-order valence-corrected chi connectivity index (χ4v) is 3.05. The van der Waals surface area contributed by atoms with E-state index in [0.29, 0.717) is 0 Å². The second-order valence-corrected chi connectivity index (χ2v) is 7.68. The van der Waals surface area contributed by atoms with Gasteiger partial charge in [0.25, 0.3) is 0 Å². The molecule has 1 heteroatoms. The Balaban J connectivity index is 3.28. The molecule has 0 aromatic heterocycles. The zero-order valence-electron chi connectivity index (χ0n) is 17.4. The Bertz CT molecular complexity index is 385. The Kier molecular flexibility index (Phi) is 24.4. The van der Waals surface area contributed by atoms with Gasteiger partial charge in [-0.15, -0.1) is 6.58 Å². The van der Waals surface area contributed by atoms with Crippen molar-refractivity contribution in [2.45, 2.75) is 96.3 Å². The molecule has 0 heterocycles. The van der Waals surface area contributed by atoms with Gasteiger partial charge in [0.05, 0.1) is 0 Å². The number of hydrogen-bond donors (Lipinski definition) is 0. The van der Waals surface area contributed by atoms with Crippen molar-refractivity contribution >= 4 is 4.61 Å². The molecule has 27 heavy (non-hydrogen) atoms. The average Bonchev–Trinajstić information content (AvgIpc) is 2.68. The van der Waals surface area contributed by atoms with Crippen molar-refractivity contribution in [1.82, 2.24) is 0 Å². The molecule has 0 saturated heterocycles. The maximum absolute atomic E-state index is 3.75. The summed E-state index contributed by atoms with van der Waals surface area (Å²) in [6, 6.07) is 0. The molecule has 0 aromatic rings. The summed E-state index contributed by atoms with van der Waals surface area (Å²) in [6.45, 7) is 3.75. The van der Waals surface area contributed by atoms with Gasteiger partial charge in [-0.25, -0.2) is 0 Å². The van der Waals surface area contributed by atoms with Crippen LogP contribution in [0.5, 0.6) is 0 Å². The summed E-state index contributed by atoms with van der Waals surface area (Å²) >= 11 is 2.59. The van der Waals surface area contributed by atoms with Crippen LogP contribution < -0.4 is 0 Å². The third kappa shape index (κ3) is 25.2. The Labute approximate surface area is 179 Å². The van der Waals surface area contributed by atoms with Gasteiger partial charge < -0.3 is 0 Å². The molecule has 0 aliphatic rings. The maximum atomic E-state index is 3.75. The summed E-state index contributed by atoms with van der Waals surface area (Å²) in [7, 11) is 0. The van der Waals surface area contributed by atoms with Crippen molar-refractivity contribution in [1.29, 1.82) is 0 Å². The normalized spacial score (nSPS) is 12.1. The van der Waals surface area contributed by atoms with Crippen LogP contribution in [0.3, 0.4) is 0 Å². The van der Waals surface area contributed by atoms with E-state index in [9.17, 15) is 0 Å². The third-order valence-electron chi connectivity index (χ3n) is 4.35. The first-order valence-electron chi connectivity index (χ1n) is 11.0. The van der Waals surface area contributed by atoms with E-state index in [4.69, 9.17) is 0 Å². The number of unbranched alkanes of at least 4 members (excludes halogenated alkanes) is 10. The van der Waals surface area contributed by atoms with Crippen molar-refractivity contribution in [2.24, 2.45) is 0 Å². The summed E-state index contributed by atoms with van der Waals surface area (Å²) in [6.07, 6.45) is 39.3. The van der Waals surface area contributed by atoms with Crippen LogP contribution >= 0.6 is 0 Å². The summed E-state index contributed by atoms with van der Waals surface area (Å²) in [5.41, 5.74) is 0. The van der Waals surface area contributed by atoms with Gasteiger partial charge in [-0.2, -0.15) is 0 Å². The first kappa shape index (κ1) is 26.2. The molecular formula is C26H42Ru+. The zero-order chi connectivity index (χ0) is 19.7. The Morgan fingerprint density at radius 2 is 0.667 bits per heavy atom. The minimum absolute atomic E-state index is 1.14. The molecule has 0 N–H and O–H groups in total. The molecule has 0 spiro atoms. The standard InChI is InChI=1S/C26H42.Ru/c1-3-5-7-9-11-13-15-17-19-21-23-25-26-24-22-20-18-16-14-12-10-8-6-4-2;/h1,4,9,11-12,14,19,21-22,24H,2-3,5-8,10,13,15-18,20,23,25-26H2;/q;+1/b11-9+,14-12+,21-19+,24-22+;. The van der Waals surface area contributed by atoms with Gasteiger partial charge in [0.2, 0.25) is 0 Å². The molecule has 0 bridgehead atoms. The fourth-order valence-electron chi connectivity index (χ4n) is 2.69. The predicted octanol–water partition coefficient (Wildman–Crippen LogP) is 8.60. The Hall–Kier alpha value is -0.807. The van der Waals surface area contributed by atoms with Crippen LogP contribution in [0, 0.1) is 0 Å². The average molecular weight is 456 g/mol. The number of rotatable bonds is 20. The summed E-state index contributed by atoms with van der Waals surface area (Å²) in [5.74, 6) is 0. The molecule has 153 valence electrons. The topological polar surface area (TPSA) is 0 Å². The van der Waals surface area contributed by atoms with Crippen molar-refractivity contribution < 1.29 is 17.9 Å². The van der Waals surface area contributed by atoms with Gasteiger partial charge in [0, 0.05) is 0 Å². The first-order chi connectivity index (χ1) is 13.4. The van der Waals surface area contributed by atoms with Gasteiger partial charge in [0.15, 0.2) is 0 Å². The van der Waals surface area contributed by atoms with Crippen LogP contribution in [-0.4, -0.2) is 4.61 Å². The second kappa shape index (κ2) is 25.2. The molecule has 0 atom stereocenters. The van der Waals surface area contributed by atoms with E-state index in [1.165, 1.54) is 89.9 Å². The van der Waals surface area contributed by atoms with E-state index in [1.807, 2.05) is 6.08 Å². The van der Waals surface area contributed by atoms with Crippen molar-refractivity contribution in [3.8, 4) is 0 Å². The van der Waals surface area contributed by atoms with Crippen LogP contribution in [-0.2, 0) is 17.9 Å². The van der Waals surface area contributed by atoms with Gasteiger partial charge in [-0.05, 0) is 51.4 Å². The molecule has 0 nitrogen and oxygen atoms in total. The van der Waals surface area contributed by atoms with Crippen molar-refractivity contribution in [3.05, 3.63) is 61.3 Å². The Morgan fingerprint density at radius 1 is 0.407 bits per heavy atom. The van der Waals surface area contributed by atoms with Crippen molar-refractivity contribution in [2.75, 3.05) is 0 Å². The SMILES string of the molecule is C=CCCC/C=C/CCC/C=C/CCC/C=C/CCC/C=C/CCC[CH]=[Ru+]. The Morgan fingerprint density at radius 3 is 0.926 bits per heavy atom. The van der Waals surface area contributed by atoms with E-state index < -0.39 is 0 Å². The molecular weight excluding hydrogens is 413 g/mol. The number of hydrogen-bond acceptors (Lipinski definition) is 0. The fraction of sp³-hybridized carbons (Fsp3) is 0.577. The zero-order valence-corrected chi connectivity index (χ0v) is 19.2. The molecule has 0 aliphatic heterocycles. The predicted molar refractivity (Wildman–Crippen MR) is 122 cm³/mol. The van der Waals surface area contributed by atoms with Crippen LogP contribution in [0.1, 0.15) is 96.3 Å².